The van der Waals surface area contributed by atoms with E-state index in [1.165, 1.54) is 38.8 Å². The van der Waals surface area contributed by atoms with Crippen molar-refractivity contribution in [3.8, 4) is 0 Å². The molecule has 100 valence electrons. The van der Waals surface area contributed by atoms with Crippen LogP contribution in [0.25, 0.3) is 0 Å². The van der Waals surface area contributed by atoms with E-state index in [9.17, 15) is 5.11 Å². The third-order valence-electron chi connectivity index (χ3n) is 4.83. The van der Waals surface area contributed by atoms with Gasteiger partial charge in [-0.1, -0.05) is 27.2 Å². The zero-order valence-electron chi connectivity index (χ0n) is 11.7. The summed E-state index contributed by atoms with van der Waals surface area (Å²) in [5.74, 6) is 2.44. The van der Waals surface area contributed by atoms with Crippen molar-refractivity contribution in [1.82, 2.24) is 4.90 Å². The van der Waals surface area contributed by atoms with Gasteiger partial charge in [0.15, 0.2) is 0 Å². The summed E-state index contributed by atoms with van der Waals surface area (Å²) in [7, 11) is 0. The first-order valence-corrected chi connectivity index (χ1v) is 7.52. The molecule has 1 N–H and O–H groups in total. The first-order chi connectivity index (χ1) is 8.10. The van der Waals surface area contributed by atoms with E-state index in [1.54, 1.807) is 0 Å². The fourth-order valence-electron chi connectivity index (χ4n) is 3.96. The number of hydrogen-bond donors (Lipinski definition) is 1. The van der Waals surface area contributed by atoms with Crippen molar-refractivity contribution in [2.75, 3.05) is 13.1 Å². The summed E-state index contributed by atoms with van der Waals surface area (Å²) in [5.41, 5.74) is 0. The number of aliphatic hydroxyl groups is 1. The lowest BCUT2D eigenvalue weighted by Gasteiger charge is -2.45. The van der Waals surface area contributed by atoms with Crippen molar-refractivity contribution < 1.29 is 5.11 Å². The Morgan fingerprint density at radius 2 is 1.71 bits per heavy atom. The molecule has 2 aliphatic rings. The number of rotatable bonds is 2. The Balaban J connectivity index is 1.98. The van der Waals surface area contributed by atoms with Crippen LogP contribution in [0.15, 0.2) is 0 Å². The Bertz CT molecular complexity index is 233. The highest BCUT2D eigenvalue weighted by molar-refractivity contribution is 4.89. The number of likely N-dealkylation sites (tertiary alicyclic amines) is 1. The number of aliphatic hydroxyl groups excluding tert-OH is 1. The van der Waals surface area contributed by atoms with Crippen molar-refractivity contribution in [2.45, 2.75) is 65.0 Å². The first-order valence-electron chi connectivity index (χ1n) is 7.52. The maximum atomic E-state index is 10.3. The Morgan fingerprint density at radius 1 is 1.06 bits per heavy atom. The highest BCUT2D eigenvalue weighted by Gasteiger charge is 2.35. The van der Waals surface area contributed by atoms with Gasteiger partial charge in [0, 0.05) is 19.1 Å². The third kappa shape index (κ3) is 3.23. The molecule has 2 heteroatoms. The van der Waals surface area contributed by atoms with Crippen LogP contribution in [0.1, 0.15) is 52.9 Å². The summed E-state index contributed by atoms with van der Waals surface area (Å²) >= 11 is 0. The molecule has 2 nitrogen and oxygen atoms in total. The van der Waals surface area contributed by atoms with Gasteiger partial charge in [-0.2, -0.15) is 0 Å². The van der Waals surface area contributed by atoms with Crippen LogP contribution in [0.4, 0.5) is 0 Å². The molecule has 1 saturated carbocycles. The van der Waals surface area contributed by atoms with E-state index in [4.69, 9.17) is 0 Å². The lowest BCUT2D eigenvalue weighted by Crippen LogP contribution is -2.52. The van der Waals surface area contributed by atoms with Gasteiger partial charge in [0.1, 0.15) is 0 Å². The van der Waals surface area contributed by atoms with Crippen molar-refractivity contribution in [1.29, 1.82) is 0 Å². The fourth-order valence-corrected chi connectivity index (χ4v) is 3.96. The normalized spacial score (nSPS) is 44.8. The molecule has 1 heterocycles. The molecule has 0 amide bonds. The Kier molecular flexibility index (Phi) is 4.48. The minimum absolute atomic E-state index is 0.0738. The number of nitrogens with zero attached hydrogens (tertiary/aromatic N) is 1. The summed E-state index contributed by atoms with van der Waals surface area (Å²) in [6.07, 6.45) is 6.03. The van der Waals surface area contributed by atoms with E-state index >= 15 is 0 Å². The summed E-state index contributed by atoms with van der Waals surface area (Å²) in [5, 5.41) is 10.3. The van der Waals surface area contributed by atoms with E-state index in [0.717, 1.165) is 24.2 Å². The molecular weight excluding hydrogens is 210 g/mol. The van der Waals surface area contributed by atoms with E-state index in [2.05, 4.69) is 25.7 Å². The average Bonchev–Trinajstić information content (AvgIpc) is 2.28. The largest absolute Gasteiger partial charge is 0.391 e. The maximum absolute atomic E-state index is 10.3. The number of hydrogen-bond acceptors (Lipinski definition) is 2. The molecule has 2 rings (SSSR count). The van der Waals surface area contributed by atoms with E-state index in [0.29, 0.717) is 6.04 Å². The van der Waals surface area contributed by atoms with E-state index in [1.807, 2.05) is 0 Å². The van der Waals surface area contributed by atoms with Gasteiger partial charge in [0.2, 0.25) is 0 Å². The predicted molar refractivity (Wildman–Crippen MR) is 71.9 cm³/mol. The molecule has 0 aromatic carbocycles. The summed E-state index contributed by atoms with van der Waals surface area (Å²) < 4.78 is 0. The standard InChI is InChI=1S/C15H29NO/c1-4-13-5-6-15(17)14(8-13)16-9-11(2)7-12(3)10-16/h11-15,17H,4-10H2,1-3H3. The Labute approximate surface area is 106 Å². The van der Waals surface area contributed by atoms with Crippen LogP contribution >= 0.6 is 0 Å². The van der Waals surface area contributed by atoms with Crippen LogP contribution in [0.5, 0.6) is 0 Å². The second kappa shape index (κ2) is 5.71. The lowest BCUT2D eigenvalue weighted by atomic mass is 9.80. The summed E-state index contributed by atoms with van der Waals surface area (Å²) in [6, 6.07) is 0.443. The van der Waals surface area contributed by atoms with Crippen LogP contribution < -0.4 is 0 Å². The van der Waals surface area contributed by atoms with Crippen LogP contribution in [-0.2, 0) is 0 Å². The zero-order valence-corrected chi connectivity index (χ0v) is 11.7. The molecule has 17 heavy (non-hydrogen) atoms. The molecule has 0 spiro atoms. The highest BCUT2D eigenvalue weighted by Crippen LogP contribution is 2.33. The number of piperidine rings is 1. The molecule has 1 saturated heterocycles. The van der Waals surface area contributed by atoms with Crippen LogP contribution in [0, 0.1) is 17.8 Å². The van der Waals surface area contributed by atoms with Gasteiger partial charge >= 0.3 is 0 Å². The van der Waals surface area contributed by atoms with Crippen LogP contribution in [-0.4, -0.2) is 35.2 Å². The minimum atomic E-state index is -0.0738. The molecule has 5 atom stereocenters. The van der Waals surface area contributed by atoms with E-state index < -0.39 is 0 Å². The molecule has 0 radical (unpaired) electrons. The highest BCUT2D eigenvalue weighted by atomic mass is 16.3. The molecule has 2 fully saturated rings. The summed E-state index contributed by atoms with van der Waals surface area (Å²) in [6.45, 7) is 9.40. The predicted octanol–water partition coefficient (Wildman–Crippen LogP) is 2.90. The lowest BCUT2D eigenvalue weighted by molar-refractivity contribution is -0.0229. The van der Waals surface area contributed by atoms with Crippen molar-refractivity contribution >= 4 is 0 Å². The molecule has 0 aromatic heterocycles. The molecule has 0 bridgehead atoms. The van der Waals surface area contributed by atoms with Crippen LogP contribution in [0.2, 0.25) is 0 Å². The molecular formula is C15H29NO. The third-order valence-corrected chi connectivity index (χ3v) is 4.83. The van der Waals surface area contributed by atoms with Crippen LogP contribution in [0.3, 0.4) is 0 Å². The van der Waals surface area contributed by atoms with Crippen molar-refractivity contribution in [2.24, 2.45) is 17.8 Å². The molecule has 1 aliphatic carbocycles. The molecule has 5 unspecified atom stereocenters. The Morgan fingerprint density at radius 3 is 2.29 bits per heavy atom. The van der Waals surface area contributed by atoms with Gasteiger partial charge in [0.05, 0.1) is 6.10 Å². The maximum Gasteiger partial charge on any atom is 0.0695 e. The SMILES string of the molecule is CCC1CCC(O)C(N2CC(C)CC(C)C2)C1. The second-order valence-electron chi connectivity index (χ2n) is 6.62. The van der Waals surface area contributed by atoms with Gasteiger partial charge in [-0.05, 0) is 43.4 Å². The van der Waals surface area contributed by atoms with Crippen molar-refractivity contribution in [3.63, 3.8) is 0 Å². The molecule has 1 aliphatic heterocycles. The first kappa shape index (κ1) is 13.4. The topological polar surface area (TPSA) is 23.5 Å². The smallest absolute Gasteiger partial charge is 0.0695 e. The van der Waals surface area contributed by atoms with Gasteiger partial charge in [-0.25, -0.2) is 0 Å². The van der Waals surface area contributed by atoms with Gasteiger partial charge < -0.3 is 5.11 Å². The average molecular weight is 239 g/mol. The van der Waals surface area contributed by atoms with Crippen molar-refractivity contribution in [3.05, 3.63) is 0 Å². The van der Waals surface area contributed by atoms with Gasteiger partial charge in [-0.15, -0.1) is 0 Å². The van der Waals surface area contributed by atoms with E-state index in [-0.39, 0.29) is 6.10 Å². The monoisotopic (exact) mass is 239 g/mol. The summed E-state index contributed by atoms with van der Waals surface area (Å²) in [4.78, 5) is 2.59. The quantitative estimate of drug-likeness (QED) is 0.801. The van der Waals surface area contributed by atoms with Gasteiger partial charge in [-0.3, -0.25) is 4.90 Å². The minimum Gasteiger partial charge on any atom is -0.391 e. The molecule has 0 aromatic rings. The fraction of sp³-hybridized carbons (Fsp3) is 1.00. The Hall–Kier alpha value is -0.0800. The van der Waals surface area contributed by atoms with Gasteiger partial charge in [0.25, 0.3) is 0 Å². The second-order valence-corrected chi connectivity index (χ2v) is 6.62. The zero-order chi connectivity index (χ0) is 12.4.